The Morgan fingerprint density at radius 2 is 1.79 bits per heavy atom. The van der Waals surface area contributed by atoms with Gasteiger partial charge in [0.05, 0.1) is 6.04 Å². The molecular formula is C17H16ClN. The average molecular weight is 270 g/mol. The number of aryl methyl sites for hydroxylation is 1. The highest BCUT2D eigenvalue weighted by Crippen LogP contribution is 2.29. The van der Waals surface area contributed by atoms with E-state index in [4.69, 9.17) is 11.6 Å². The molecule has 0 amide bonds. The molecule has 3 rings (SSSR count). The smallest absolute Gasteiger partial charge is 0.0557 e. The first-order chi connectivity index (χ1) is 9.16. The minimum atomic E-state index is 0.318. The van der Waals surface area contributed by atoms with E-state index in [1.165, 1.54) is 22.0 Å². The van der Waals surface area contributed by atoms with Crippen molar-refractivity contribution in [2.75, 3.05) is 0 Å². The van der Waals surface area contributed by atoms with E-state index in [-0.39, 0.29) is 0 Å². The van der Waals surface area contributed by atoms with Crippen LogP contribution in [-0.2, 0) is 0 Å². The third kappa shape index (κ3) is 2.15. The molecule has 0 fully saturated rings. The molecule has 2 heteroatoms. The van der Waals surface area contributed by atoms with E-state index in [2.05, 4.69) is 61.0 Å². The van der Waals surface area contributed by atoms with Crippen molar-refractivity contribution < 1.29 is 0 Å². The summed E-state index contributed by atoms with van der Waals surface area (Å²) in [7, 11) is 0. The Morgan fingerprint density at radius 1 is 1.05 bits per heavy atom. The minimum Gasteiger partial charge on any atom is -0.340 e. The molecule has 1 unspecified atom stereocenters. The Labute approximate surface area is 118 Å². The first-order valence-electron chi connectivity index (χ1n) is 6.48. The predicted octanol–water partition coefficient (Wildman–Crippen LogP) is 5.21. The summed E-state index contributed by atoms with van der Waals surface area (Å²) in [4.78, 5) is 0. The maximum atomic E-state index is 6.09. The van der Waals surface area contributed by atoms with Crippen LogP contribution in [0.1, 0.15) is 24.1 Å². The van der Waals surface area contributed by atoms with Crippen molar-refractivity contribution in [1.82, 2.24) is 4.57 Å². The van der Waals surface area contributed by atoms with Crippen molar-refractivity contribution >= 4 is 22.5 Å². The van der Waals surface area contributed by atoms with Crippen molar-refractivity contribution in [3.05, 3.63) is 70.9 Å². The summed E-state index contributed by atoms with van der Waals surface area (Å²) in [6.45, 7) is 4.36. The quantitative estimate of drug-likeness (QED) is 0.602. The summed E-state index contributed by atoms with van der Waals surface area (Å²) in [5, 5.41) is 2.02. The van der Waals surface area contributed by atoms with Gasteiger partial charge in [-0.1, -0.05) is 41.9 Å². The number of aromatic nitrogens is 1. The van der Waals surface area contributed by atoms with Gasteiger partial charge in [-0.25, -0.2) is 0 Å². The van der Waals surface area contributed by atoms with Crippen LogP contribution in [0, 0.1) is 6.92 Å². The normalized spacial score (nSPS) is 12.8. The second-order valence-corrected chi connectivity index (χ2v) is 5.40. The Bertz CT molecular complexity index is 713. The highest BCUT2D eigenvalue weighted by Gasteiger charge is 2.12. The molecule has 1 aromatic heterocycles. The molecule has 0 spiro atoms. The lowest BCUT2D eigenvalue weighted by Crippen LogP contribution is -2.04. The molecule has 2 aromatic carbocycles. The van der Waals surface area contributed by atoms with Gasteiger partial charge in [-0.15, -0.1) is 0 Å². The molecule has 96 valence electrons. The lowest BCUT2D eigenvalue weighted by Gasteiger charge is -2.15. The summed E-state index contributed by atoms with van der Waals surface area (Å²) in [5.41, 5.74) is 3.81. The van der Waals surface area contributed by atoms with Crippen LogP contribution in [0.3, 0.4) is 0 Å². The summed E-state index contributed by atoms with van der Waals surface area (Å²) in [5.74, 6) is 0. The number of benzene rings is 2. The summed E-state index contributed by atoms with van der Waals surface area (Å²) in [6, 6.07) is 17.0. The van der Waals surface area contributed by atoms with E-state index in [1.807, 2.05) is 12.1 Å². The van der Waals surface area contributed by atoms with Crippen LogP contribution < -0.4 is 0 Å². The topological polar surface area (TPSA) is 4.93 Å². The highest BCUT2D eigenvalue weighted by molar-refractivity contribution is 6.31. The van der Waals surface area contributed by atoms with Crippen molar-refractivity contribution in [3.63, 3.8) is 0 Å². The number of nitrogens with zero attached hydrogens (tertiary/aromatic N) is 1. The Morgan fingerprint density at radius 3 is 2.53 bits per heavy atom. The first kappa shape index (κ1) is 12.3. The van der Waals surface area contributed by atoms with Crippen LogP contribution in [0.5, 0.6) is 0 Å². The standard InChI is InChI=1S/C17H16ClN/c1-12-11-19(13(2)14-6-4-3-5-7-14)17-9-8-15(18)10-16(12)17/h3-11,13H,1-2H3. The van der Waals surface area contributed by atoms with Crippen molar-refractivity contribution in [3.8, 4) is 0 Å². The Balaban J connectivity index is 2.16. The third-order valence-corrected chi connectivity index (χ3v) is 3.93. The molecule has 0 aliphatic rings. The molecule has 1 atom stereocenters. The number of hydrogen-bond acceptors (Lipinski definition) is 0. The molecule has 0 radical (unpaired) electrons. The van der Waals surface area contributed by atoms with E-state index in [0.29, 0.717) is 6.04 Å². The molecule has 1 nitrogen and oxygen atoms in total. The van der Waals surface area contributed by atoms with Gasteiger partial charge in [-0.3, -0.25) is 0 Å². The molecule has 19 heavy (non-hydrogen) atoms. The Kier molecular flexibility index (Phi) is 3.08. The van der Waals surface area contributed by atoms with Gasteiger partial charge in [0.25, 0.3) is 0 Å². The van der Waals surface area contributed by atoms with E-state index < -0.39 is 0 Å². The van der Waals surface area contributed by atoms with E-state index in [9.17, 15) is 0 Å². The lowest BCUT2D eigenvalue weighted by molar-refractivity contribution is 0.663. The van der Waals surface area contributed by atoms with Crippen molar-refractivity contribution in [1.29, 1.82) is 0 Å². The van der Waals surface area contributed by atoms with Gasteiger partial charge >= 0.3 is 0 Å². The molecule has 0 N–H and O–H groups in total. The molecule has 3 aromatic rings. The van der Waals surface area contributed by atoms with Gasteiger partial charge in [0.15, 0.2) is 0 Å². The highest BCUT2D eigenvalue weighted by atomic mass is 35.5. The van der Waals surface area contributed by atoms with Crippen molar-refractivity contribution in [2.45, 2.75) is 19.9 Å². The second kappa shape index (κ2) is 4.75. The summed E-state index contributed by atoms with van der Waals surface area (Å²) >= 11 is 6.09. The van der Waals surface area contributed by atoms with Crippen LogP contribution in [-0.4, -0.2) is 4.57 Å². The maximum Gasteiger partial charge on any atom is 0.0557 e. The molecule has 0 saturated heterocycles. The van der Waals surface area contributed by atoms with Gasteiger partial charge in [0.2, 0.25) is 0 Å². The Hall–Kier alpha value is -1.73. The molecule has 0 saturated carbocycles. The van der Waals surface area contributed by atoms with Crippen LogP contribution in [0.2, 0.25) is 5.02 Å². The second-order valence-electron chi connectivity index (χ2n) is 4.97. The van der Waals surface area contributed by atoms with Gasteiger partial charge in [-0.2, -0.15) is 0 Å². The zero-order valence-corrected chi connectivity index (χ0v) is 11.9. The molecule has 1 heterocycles. The van der Waals surface area contributed by atoms with E-state index >= 15 is 0 Å². The van der Waals surface area contributed by atoms with Gasteiger partial charge in [-0.05, 0) is 43.2 Å². The van der Waals surface area contributed by atoms with Crippen LogP contribution in [0.15, 0.2) is 54.7 Å². The fourth-order valence-electron chi connectivity index (χ4n) is 2.61. The summed E-state index contributed by atoms with van der Waals surface area (Å²) < 4.78 is 2.32. The van der Waals surface area contributed by atoms with Gasteiger partial charge in [0.1, 0.15) is 0 Å². The molecular weight excluding hydrogens is 254 g/mol. The fraction of sp³-hybridized carbons (Fsp3) is 0.176. The third-order valence-electron chi connectivity index (χ3n) is 3.69. The van der Waals surface area contributed by atoms with Crippen LogP contribution >= 0.6 is 11.6 Å². The average Bonchev–Trinajstić information content (AvgIpc) is 2.76. The van der Waals surface area contributed by atoms with Crippen LogP contribution in [0.4, 0.5) is 0 Å². The number of rotatable bonds is 2. The molecule has 0 aliphatic carbocycles. The monoisotopic (exact) mass is 269 g/mol. The zero-order valence-electron chi connectivity index (χ0n) is 11.1. The number of fused-ring (bicyclic) bond motifs is 1. The minimum absolute atomic E-state index is 0.318. The molecule has 0 bridgehead atoms. The van der Waals surface area contributed by atoms with Crippen LogP contribution in [0.25, 0.3) is 10.9 Å². The fourth-order valence-corrected chi connectivity index (χ4v) is 2.78. The number of halogens is 1. The van der Waals surface area contributed by atoms with E-state index in [0.717, 1.165) is 5.02 Å². The van der Waals surface area contributed by atoms with Gasteiger partial charge < -0.3 is 4.57 Å². The predicted molar refractivity (Wildman–Crippen MR) is 81.9 cm³/mol. The zero-order chi connectivity index (χ0) is 13.4. The van der Waals surface area contributed by atoms with Crippen molar-refractivity contribution in [2.24, 2.45) is 0 Å². The number of hydrogen-bond donors (Lipinski definition) is 0. The van der Waals surface area contributed by atoms with E-state index in [1.54, 1.807) is 0 Å². The maximum absolute atomic E-state index is 6.09. The lowest BCUT2D eigenvalue weighted by atomic mass is 10.1. The molecule has 0 aliphatic heterocycles. The summed E-state index contributed by atoms with van der Waals surface area (Å²) in [6.07, 6.45) is 2.21. The first-order valence-corrected chi connectivity index (χ1v) is 6.86. The SMILES string of the molecule is Cc1cn(C(C)c2ccccc2)c2ccc(Cl)cc12. The largest absolute Gasteiger partial charge is 0.340 e. The van der Waals surface area contributed by atoms with Gasteiger partial charge in [0, 0.05) is 22.1 Å².